The fourth-order valence-corrected chi connectivity index (χ4v) is 3.54. The molecule has 6 heteroatoms. The van der Waals surface area contributed by atoms with E-state index in [1.807, 2.05) is 24.3 Å². The minimum atomic E-state index is -0.635. The van der Waals surface area contributed by atoms with Crippen LogP contribution >= 0.6 is 0 Å². The highest BCUT2D eigenvalue weighted by Crippen LogP contribution is 2.38. The molecule has 1 heterocycles. The Morgan fingerprint density at radius 2 is 1.74 bits per heavy atom. The van der Waals surface area contributed by atoms with Gasteiger partial charge in [0.1, 0.15) is 11.6 Å². The molecule has 160 valence electrons. The SMILES string of the molecule is COC(=O)C=C(/C=C/c1c(-c2ccc(F)cc2)c2ccccc2n1C(C)C)OC(C)=O. The second-order valence-electron chi connectivity index (χ2n) is 7.24. The van der Waals surface area contributed by atoms with E-state index >= 15 is 0 Å². The molecule has 0 N–H and O–H groups in total. The van der Waals surface area contributed by atoms with E-state index < -0.39 is 11.9 Å². The smallest absolute Gasteiger partial charge is 0.334 e. The number of fused-ring (bicyclic) bond motifs is 1. The molecule has 2 aromatic carbocycles. The van der Waals surface area contributed by atoms with Gasteiger partial charge in [-0.05, 0) is 49.8 Å². The first-order valence-corrected chi connectivity index (χ1v) is 9.86. The summed E-state index contributed by atoms with van der Waals surface area (Å²) in [6.07, 6.45) is 4.45. The highest BCUT2D eigenvalue weighted by atomic mass is 19.1. The molecule has 0 unspecified atom stereocenters. The number of hydrogen-bond acceptors (Lipinski definition) is 4. The van der Waals surface area contributed by atoms with Gasteiger partial charge in [-0.2, -0.15) is 0 Å². The molecule has 0 bridgehead atoms. The van der Waals surface area contributed by atoms with E-state index in [1.54, 1.807) is 24.3 Å². The molecule has 0 fully saturated rings. The van der Waals surface area contributed by atoms with Crippen molar-refractivity contribution in [2.75, 3.05) is 7.11 Å². The van der Waals surface area contributed by atoms with Crippen molar-refractivity contribution in [3.63, 3.8) is 0 Å². The lowest BCUT2D eigenvalue weighted by Gasteiger charge is -2.14. The van der Waals surface area contributed by atoms with E-state index in [9.17, 15) is 14.0 Å². The first-order valence-electron chi connectivity index (χ1n) is 9.86. The summed E-state index contributed by atoms with van der Waals surface area (Å²) in [5.74, 6) is -1.44. The van der Waals surface area contributed by atoms with Gasteiger partial charge in [-0.25, -0.2) is 9.18 Å². The Hall–Kier alpha value is -3.67. The largest absolute Gasteiger partial charge is 0.466 e. The second-order valence-corrected chi connectivity index (χ2v) is 7.24. The number of hydrogen-bond donors (Lipinski definition) is 0. The third kappa shape index (κ3) is 4.91. The number of carbonyl (C=O) groups excluding carboxylic acids is 2. The number of para-hydroxylation sites is 1. The molecule has 1 aromatic heterocycles. The fourth-order valence-electron chi connectivity index (χ4n) is 3.54. The Morgan fingerprint density at radius 3 is 2.35 bits per heavy atom. The van der Waals surface area contributed by atoms with Crippen LogP contribution in [0.2, 0.25) is 0 Å². The van der Waals surface area contributed by atoms with Crippen LogP contribution < -0.4 is 0 Å². The highest BCUT2D eigenvalue weighted by Gasteiger charge is 2.18. The lowest BCUT2D eigenvalue weighted by molar-refractivity contribution is -0.137. The predicted octanol–water partition coefficient (Wildman–Crippen LogP) is 5.66. The molecule has 0 spiro atoms. The molecule has 0 saturated carbocycles. The van der Waals surface area contributed by atoms with Crippen LogP contribution in [-0.4, -0.2) is 23.6 Å². The maximum Gasteiger partial charge on any atom is 0.334 e. The van der Waals surface area contributed by atoms with Crippen LogP contribution in [0.15, 0.2) is 66.4 Å². The number of methoxy groups -OCH3 is 1. The Bertz CT molecular complexity index is 1170. The van der Waals surface area contributed by atoms with Gasteiger partial charge in [0.05, 0.1) is 18.9 Å². The van der Waals surface area contributed by atoms with Crippen molar-refractivity contribution in [3.8, 4) is 11.1 Å². The standard InChI is InChI=1S/C25H24FNO4/c1-16(2)27-22-8-6-5-7-21(22)25(18-9-11-19(26)12-10-18)23(27)14-13-20(31-17(3)28)15-24(29)30-4/h5-16H,1-4H3/b14-13+,20-15?. The Labute approximate surface area is 180 Å². The minimum absolute atomic E-state index is 0.0602. The highest BCUT2D eigenvalue weighted by molar-refractivity contribution is 6.01. The molecule has 5 nitrogen and oxygen atoms in total. The molecule has 31 heavy (non-hydrogen) atoms. The third-order valence-electron chi connectivity index (χ3n) is 4.73. The molecule has 3 aromatic rings. The zero-order chi connectivity index (χ0) is 22.5. The molecule has 3 rings (SSSR count). The summed E-state index contributed by atoms with van der Waals surface area (Å²) < 4.78 is 25.5. The van der Waals surface area contributed by atoms with Crippen molar-refractivity contribution in [2.24, 2.45) is 0 Å². The normalized spacial score (nSPS) is 12.0. The number of benzene rings is 2. The number of allylic oxidation sites excluding steroid dienone is 1. The summed E-state index contributed by atoms with van der Waals surface area (Å²) in [4.78, 5) is 23.2. The van der Waals surface area contributed by atoms with Crippen molar-refractivity contribution in [1.82, 2.24) is 4.57 Å². The van der Waals surface area contributed by atoms with Gasteiger partial charge in [0.15, 0.2) is 0 Å². The molecule has 0 aliphatic rings. The molecule has 0 radical (unpaired) electrons. The van der Waals surface area contributed by atoms with Gasteiger partial charge < -0.3 is 14.0 Å². The minimum Gasteiger partial charge on any atom is -0.466 e. The summed E-state index contributed by atoms with van der Waals surface area (Å²) in [5.41, 5.74) is 3.62. The van der Waals surface area contributed by atoms with Gasteiger partial charge in [0.2, 0.25) is 0 Å². The van der Waals surface area contributed by atoms with Crippen LogP contribution in [0.5, 0.6) is 0 Å². The van der Waals surface area contributed by atoms with E-state index in [0.29, 0.717) is 0 Å². The first-order chi connectivity index (χ1) is 14.8. The quantitative estimate of drug-likeness (QED) is 0.223. The van der Waals surface area contributed by atoms with E-state index in [1.165, 1.54) is 26.2 Å². The monoisotopic (exact) mass is 421 g/mol. The van der Waals surface area contributed by atoms with Crippen LogP contribution in [0, 0.1) is 5.82 Å². The van der Waals surface area contributed by atoms with Gasteiger partial charge in [-0.3, -0.25) is 4.79 Å². The van der Waals surface area contributed by atoms with Crippen molar-refractivity contribution in [1.29, 1.82) is 0 Å². The van der Waals surface area contributed by atoms with E-state index in [-0.39, 0.29) is 17.6 Å². The Balaban J connectivity index is 2.25. The lowest BCUT2D eigenvalue weighted by atomic mass is 10.0. The van der Waals surface area contributed by atoms with Crippen LogP contribution in [0.25, 0.3) is 28.1 Å². The first kappa shape index (κ1) is 22.0. The topological polar surface area (TPSA) is 57.5 Å². The van der Waals surface area contributed by atoms with E-state index in [0.717, 1.165) is 33.8 Å². The van der Waals surface area contributed by atoms with Crippen molar-refractivity contribution in [3.05, 3.63) is 78.0 Å². The third-order valence-corrected chi connectivity index (χ3v) is 4.73. The maximum absolute atomic E-state index is 13.6. The average Bonchev–Trinajstić information content (AvgIpc) is 3.06. The summed E-state index contributed by atoms with van der Waals surface area (Å²) in [6, 6.07) is 14.4. The molecule has 0 aliphatic heterocycles. The van der Waals surface area contributed by atoms with Crippen molar-refractivity contribution in [2.45, 2.75) is 26.8 Å². The van der Waals surface area contributed by atoms with Crippen LogP contribution in [0.4, 0.5) is 4.39 Å². The number of halogens is 1. The Kier molecular flexibility index (Phi) is 6.70. The van der Waals surface area contributed by atoms with Crippen LogP contribution in [0.1, 0.15) is 32.5 Å². The molecule has 0 amide bonds. The molecule has 0 aliphatic carbocycles. The molecular formula is C25H24FNO4. The van der Waals surface area contributed by atoms with Gasteiger partial charge in [-0.15, -0.1) is 0 Å². The zero-order valence-electron chi connectivity index (χ0n) is 17.9. The van der Waals surface area contributed by atoms with Crippen molar-refractivity contribution >= 4 is 28.9 Å². The summed E-state index contributed by atoms with van der Waals surface area (Å²) in [7, 11) is 1.25. The number of ether oxygens (including phenoxy) is 2. The number of nitrogens with zero attached hydrogens (tertiary/aromatic N) is 1. The van der Waals surface area contributed by atoms with Gasteiger partial charge in [-0.1, -0.05) is 30.3 Å². The zero-order valence-corrected chi connectivity index (χ0v) is 17.9. The molecule has 0 saturated heterocycles. The summed E-state index contributed by atoms with van der Waals surface area (Å²) >= 11 is 0. The van der Waals surface area contributed by atoms with Crippen LogP contribution in [0.3, 0.4) is 0 Å². The fraction of sp³-hybridized carbons (Fsp3) is 0.200. The lowest BCUT2D eigenvalue weighted by Crippen LogP contribution is -2.04. The maximum atomic E-state index is 13.6. The summed E-state index contributed by atoms with van der Waals surface area (Å²) in [5, 5.41) is 1.01. The second kappa shape index (κ2) is 9.43. The predicted molar refractivity (Wildman–Crippen MR) is 119 cm³/mol. The number of rotatable bonds is 6. The van der Waals surface area contributed by atoms with E-state index in [4.69, 9.17) is 4.74 Å². The van der Waals surface area contributed by atoms with E-state index in [2.05, 4.69) is 23.2 Å². The molecule has 0 atom stereocenters. The van der Waals surface area contributed by atoms with Gasteiger partial charge in [0.25, 0.3) is 0 Å². The van der Waals surface area contributed by atoms with Gasteiger partial charge in [0, 0.05) is 29.4 Å². The molecular weight excluding hydrogens is 397 g/mol. The Morgan fingerprint density at radius 1 is 1.06 bits per heavy atom. The average molecular weight is 421 g/mol. The number of carbonyl (C=O) groups is 2. The number of esters is 2. The van der Waals surface area contributed by atoms with Crippen molar-refractivity contribution < 1.29 is 23.5 Å². The van der Waals surface area contributed by atoms with Gasteiger partial charge >= 0.3 is 11.9 Å². The van der Waals surface area contributed by atoms with Crippen LogP contribution in [-0.2, 0) is 19.1 Å². The summed E-state index contributed by atoms with van der Waals surface area (Å²) in [6.45, 7) is 5.39. The number of aromatic nitrogens is 1.